The second-order valence-electron chi connectivity index (χ2n) is 5.23. The summed E-state index contributed by atoms with van der Waals surface area (Å²) in [6.45, 7) is 0.613. The van der Waals surface area contributed by atoms with Crippen molar-refractivity contribution in [3.63, 3.8) is 0 Å². The van der Waals surface area contributed by atoms with E-state index in [1.54, 1.807) is 30.1 Å². The molecule has 4 rings (SSSR count). The van der Waals surface area contributed by atoms with Gasteiger partial charge in [-0.15, -0.1) is 5.10 Å². The molecule has 24 heavy (non-hydrogen) atoms. The van der Waals surface area contributed by atoms with Crippen LogP contribution in [0.15, 0.2) is 65.2 Å². The van der Waals surface area contributed by atoms with Crippen molar-refractivity contribution in [3.8, 4) is 0 Å². The maximum atomic E-state index is 10.8. The van der Waals surface area contributed by atoms with Crippen LogP contribution in [0, 0.1) is 10.4 Å². The Hall–Kier alpha value is -2.94. The Balaban J connectivity index is 1.60. The van der Waals surface area contributed by atoms with Crippen molar-refractivity contribution >= 4 is 28.5 Å². The molecule has 0 atom stereocenters. The lowest BCUT2D eigenvalue weighted by Gasteiger charge is -2.35. The van der Waals surface area contributed by atoms with Gasteiger partial charge in [0.05, 0.1) is 5.88 Å². The van der Waals surface area contributed by atoms with Crippen molar-refractivity contribution in [1.82, 2.24) is 15.3 Å². The molecule has 0 saturated carbocycles. The summed E-state index contributed by atoms with van der Waals surface area (Å²) in [4.78, 5) is 8.17. The number of hydrogen-bond acceptors (Lipinski definition) is 8. The maximum Gasteiger partial charge on any atom is 0.222 e. The monoisotopic (exact) mass is 341 g/mol. The smallest absolute Gasteiger partial charge is 0.222 e. The van der Waals surface area contributed by atoms with Crippen LogP contribution in [0.3, 0.4) is 0 Å². The molecule has 3 heterocycles. The van der Waals surface area contributed by atoms with Crippen molar-refractivity contribution in [3.05, 3.63) is 70.5 Å². The molecule has 0 amide bonds. The van der Waals surface area contributed by atoms with Gasteiger partial charge >= 0.3 is 0 Å². The molecule has 0 aromatic carbocycles. The van der Waals surface area contributed by atoms with Crippen molar-refractivity contribution in [2.45, 2.75) is 0 Å². The number of rotatable bonds is 1. The Kier molecular flexibility index (Phi) is 3.62. The second-order valence-corrected chi connectivity index (χ2v) is 6.14. The van der Waals surface area contributed by atoms with Crippen molar-refractivity contribution in [2.75, 3.05) is 17.4 Å². The number of nitrogens with zero attached hydrogens (tertiary/aromatic N) is 5. The van der Waals surface area contributed by atoms with Gasteiger partial charge in [0.15, 0.2) is 5.17 Å². The highest BCUT2D eigenvalue weighted by atomic mass is 32.2. The first-order valence-electron chi connectivity index (χ1n) is 7.24. The zero-order valence-corrected chi connectivity index (χ0v) is 13.3. The van der Waals surface area contributed by atoms with Crippen molar-refractivity contribution in [1.29, 1.82) is 0 Å². The van der Waals surface area contributed by atoms with E-state index in [1.165, 1.54) is 12.2 Å². The summed E-state index contributed by atoms with van der Waals surface area (Å²) in [6.07, 6.45) is 8.21. The minimum Gasteiger partial charge on any atom is -0.612 e. The minimum absolute atomic E-state index is 0.0709. The largest absolute Gasteiger partial charge is 0.612 e. The number of hydrazone groups is 1. The molecule has 1 aromatic rings. The number of anilines is 1. The van der Waals surface area contributed by atoms with Crippen LogP contribution in [0.25, 0.3) is 0 Å². The summed E-state index contributed by atoms with van der Waals surface area (Å²) < 4.78 is 0. The Morgan fingerprint density at radius 3 is 2.71 bits per heavy atom. The fourth-order valence-electron chi connectivity index (χ4n) is 2.55. The van der Waals surface area contributed by atoms with Gasteiger partial charge in [-0.25, -0.2) is 4.98 Å². The molecule has 8 nitrogen and oxygen atoms in total. The molecule has 2 aliphatic heterocycles. The van der Waals surface area contributed by atoms with Crippen LogP contribution >= 0.6 is 11.8 Å². The fourth-order valence-corrected chi connectivity index (χ4v) is 3.45. The molecule has 3 aliphatic rings. The van der Waals surface area contributed by atoms with E-state index in [1.807, 2.05) is 23.1 Å². The van der Waals surface area contributed by atoms with Gasteiger partial charge in [-0.05, 0) is 24.3 Å². The van der Waals surface area contributed by atoms with Gasteiger partial charge in [0.1, 0.15) is 18.3 Å². The molecule has 0 radical (unpaired) electrons. The average Bonchev–Trinajstić information content (AvgIpc) is 3.05. The quantitative estimate of drug-likeness (QED) is 0.611. The third kappa shape index (κ3) is 2.58. The highest BCUT2D eigenvalue weighted by molar-refractivity contribution is 8.13. The fraction of sp³-hybridized carbons (Fsp3) is 0.133. The van der Waals surface area contributed by atoms with E-state index in [4.69, 9.17) is 0 Å². The van der Waals surface area contributed by atoms with Crippen LogP contribution < -0.4 is 10.3 Å². The van der Waals surface area contributed by atoms with E-state index < -0.39 is 4.90 Å². The minimum atomic E-state index is -0.405. The molecular formula is C15H13N6O2S-. The summed E-state index contributed by atoms with van der Waals surface area (Å²) in [5.41, 5.74) is 3.95. The highest BCUT2D eigenvalue weighted by Gasteiger charge is 2.31. The van der Waals surface area contributed by atoms with Gasteiger partial charge in [0.25, 0.3) is 0 Å². The van der Waals surface area contributed by atoms with Gasteiger partial charge in [-0.1, -0.05) is 17.8 Å². The molecule has 1 aromatic heterocycles. The lowest BCUT2D eigenvalue weighted by molar-refractivity contribution is -0.377. The molecule has 9 heteroatoms. The summed E-state index contributed by atoms with van der Waals surface area (Å²) in [7, 11) is 0. The zero-order chi connectivity index (χ0) is 16.5. The van der Waals surface area contributed by atoms with Crippen LogP contribution in [0.5, 0.6) is 0 Å². The number of aromatic nitrogens is 1. The summed E-state index contributed by atoms with van der Waals surface area (Å²) in [5.74, 6) is 2.48. The van der Waals surface area contributed by atoms with Crippen LogP contribution in [-0.2, 0) is 0 Å². The first kappa shape index (κ1) is 14.6. The van der Waals surface area contributed by atoms with Gasteiger partial charge in [0, 0.05) is 23.9 Å². The molecule has 1 N–H and O–H groups in total. The number of fused-ring (bicyclic) bond motifs is 1. The van der Waals surface area contributed by atoms with Crippen LogP contribution in [-0.4, -0.2) is 38.2 Å². The van der Waals surface area contributed by atoms with E-state index in [0.717, 1.165) is 28.3 Å². The van der Waals surface area contributed by atoms with Crippen molar-refractivity contribution in [2.24, 2.45) is 5.10 Å². The molecule has 0 bridgehead atoms. The summed E-state index contributed by atoms with van der Waals surface area (Å²) in [6, 6.07) is 5.82. The van der Waals surface area contributed by atoms with E-state index in [0.29, 0.717) is 6.67 Å². The zero-order valence-electron chi connectivity index (χ0n) is 12.5. The highest BCUT2D eigenvalue weighted by Crippen LogP contribution is 2.29. The number of allylic oxidation sites excluding steroid dienone is 5. The third-order valence-electron chi connectivity index (χ3n) is 3.74. The van der Waals surface area contributed by atoms with E-state index in [-0.39, 0.29) is 5.71 Å². The Morgan fingerprint density at radius 2 is 2.00 bits per heavy atom. The van der Waals surface area contributed by atoms with E-state index in [2.05, 4.69) is 20.4 Å². The normalized spacial score (nSPS) is 19.3. The number of pyridine rings is 1. The van der Waals surface area contributed by atoms with E-state index in [9.17, 15) is 10.4 Å². The number of hydrogen-bond donors (Lipinski definition) is 1. The van der Waals surface area contributed by atoms with Gasteiger partial charge in [-0.3, -0.25) is 10.3 Å². The van der Waals surface area contributed by atoms with Crippen LogP contribution in [0.4, 0.5) is 5.82 Å². The topological polar surface area (TPSA) is 92.9 Å². The molecular weight excluding hydrogens is 328 g/mol. The molecule has 1 fully saturated rings. The predicted octanol–water partition coefficient (Wildman–Crippen LogP) is 1.51. The molecule has 122 valence electrons. The third-order valence-corrected chi connectivity index (χ3v) is 4.76. The maximum absolute atomic E-state index is 10.8. The van der Waals surface area contributed by atoms with Crippen LogP contribution in [0.2, 0.25) is 0 Å². The summed E-state index contributed by atoms with van der Waals surface area (Å²) >= 11 is 1.61. The second kappa shape index (κ2) is 5.93. The summed E-state index contributed by atoms with van der Waals surface area (Å²) in [5, 5.41) is 26.8. The molecule has 1 aliphatic carbocycles. The SMILES string of the molecule is [O-][N+]([O-])=C1C=CC(=C2NN=C3SCN(c4ccccn4)CN32)C=C1. The van der Waals surface area contributed by atoms with E-state index >= 15 is 0 Å². The molecule has 1 saturated heterocycles. The van der Waals surface area contributed by atoms with Crippen LogP contribution in [0.1, 0.15) is 0 Å². The van der Waals surface area contributed by atoms with Gasteiger partial charge < -0.3 is 15.3 Å². The van der Waals surface area contributed by atoms with Crippen molar-refractivity contribution < 1.29 is 4.90 Å². The lowest BCUT2D eigenvalue weighted by Crippen LogP contribution is -2.44. The number of nitrogens with one attached hydrogen (secondary N) is 1. The lowest BCUT2D eigenvalue weighted by atomic mass is 10.1. The Morgan fingerprint density at radius 1 is 1.17 bits per heavy atom. The first-order chi connectivity index (χ1) is 11.7. The number of amidine groups is 1. The Bertz CT molecular complexity index is 793. The van der Waals surface area contributed by atoms with Gasteiger partial charge in [-0.2, -0.15) is 4.90 Å². The molecule has 0 spiro atoms. The van der Waals surface area contributed by atoms with Gasteiger partial charge in [0.2, 0.25) is 5.71 Å². The number of thioether (sulfide) groups is 1. The molecule has 0 unspecified atom stereocenters. The average molecular weight is 341 g/mol. The first-order valence-corrected chi connectivity index (χ1v) is 8.23. The predicted molar refractivity (Wildman–Crippen MR) is 93.8 cm³/mol. The Labute approximate surface area is 142 Å². The standard InChI is InChI=1S/C15H13N6O2S/c22-21(23)12-6-4-11(5-7-12)14-17-18-15-20(14)9-19(10-24-15)13-3-1-2-8-16-13/h1-8,17H,9-10H2/q-1.